The first kappa shape index (κ1) is 12.6. The topological polar surface area (TPSA) is 18.5 Å². The van der Waals surface area contributed by atoms with Gasteiger partial charge in [0.15, 0.2) is 0 Å². The average Bonchev–Trinajstić information content (AvgIpc) is 2.88. The summed E-state index contributed by atoms with van der Waals surface area (Å²) in [7, 11) is -0.183. The van der Waals surface area contributed by atoms with E-state index in [0.29, 0.717) is 0 Å². The fourth-order valence-corrected chi connectivity index (χ4v) is 2.84. The molecule has 0 aromatic heterocycles. The van der Waals surface area contributed by atoms with Crippen molar-refractivity contribution in [1.29, 1.82) is 0 Å². The lowest BCUT2D eigenvalue weighted by molar-refractivity contribution is 0.502. The van der Waals surface area contributed by atoms with Crippen molar-refractivity contribution in [2.75, 3.05) is 0 Å². The summed E-state index contributed by atoms with van der Waals surface area (Å²) >= 11 is 0. The quantitative estimate of drug-likeness (QED) is 0.686. The molecule has 0 amide bonds. The largest absolute Gasteiger partial charge is 0.628 e. The average molecular weight is 256 g/mol. The lowest BCUT2D eigenvalue weighted by Gasteiger charge is -2.12. The third-order valence-corrected chi connectivity index (χ3v) is 3.95. The minimum atomic E-state index is -0.183. The van der Waals surface area contributed by atoms with Crippen LogP contribution in [0.15, 0.2) is 35.8 Å². The highest BCUT2D eigenvalue weighted by Gasteiger charge is 2.35. The van der Waals surface area contributed by atoms with Gasteiger partial charge in [0.1, 0.15) is 11.5 Å². The number of hydrogen-bond donors (Lipinski definition) is 0. The maximum atomic E-state index is 5.92. The molecule has 0 saturated heterocycles. The fourth-order valence-electron chi connectivity index (χ4n) is 2.84. The van der Waals surface area contributed by atoms with E-state index in [4.69, 9.17) is 9.31 Å². The first-order chi connectivity index (χ1) is 9.43. The highest BCUT2D eigenvalue weighted by atomic mass is 16.6. The Balaban J connectivity index is 1.69. The van der Waals surface area contributed by atoms with E-state index in [9.17, 15) is 0 Å². The van der Waals surface area contributed by atoms with Crippen LogP contribution < -0.4 is 9.31 Å². The lowest BCUT2D eigenvalue weighted by atomic mass is 9.74. The van der Waals surface area contributed by atoms with Crippen molar-refractivity contribution in [3.8, 4) is 11.5 Å². The number of rotatable bonds is 1. The van der Waals surface area contributed by atoms with Crippen LogP contribution >= 0.6 is 0 Å². The summed E-state index contributed by atoms with van der Waals surface area (Å²) < 4.78 is 11.8. The molecular formula is C16H21BO2. The predicted molar refractivity (Wildman–Crippen MR) is 78.5 cm³/mol. The number of hydrogen-bond acceptors (Lipinski definition) is 2. The van der Waals surface area contributed by atoms with Crippen LogP contribution in [0.1, 0.15) is 51.4 Å². The monoisotopic (exact) mass is 256 g/mol. The number of fused-ring (bicyclic) bond motifs is 1. The zero-order valence-corrected chi connectivity index (χ0v) is 11.4. The molecule has 1 aromatic rings. The van der Waals surface area contributed by atoms with Gasteiger partial charge in [-0.25, -0.2) is 0 Å². The second kappa shape index (κ2) is 6.18. The zero-order chi connectivity index (χ0) is 12.9. The van der Waals surface area contributed by atoms with Gasteiger partial charge in [-0.15, -0.1) is 0 Å². The van der Waals surface area contributed by atoms with Gasteiger partial charge in [-0.05, 0) is 36.9 Å². The molecule has 0 unspecified atom stereocenters. The van der Waals surface area contributed by atoms with Crippen LogP contribution in [0.4, 0.5) is 0 Å². The molecular weight excluding hydrogens is 235 g/mol. The number of allylic oxidation sites excluding steroid dienone is 2. The maximum Gasteiger partial charge on any atom is 0.628 e. The Kier molecular flexibility index (Phi) is 4.11. The fraction of sp³-hybridized carbons (Fsp3) is 0.500. The molecule has 0 atom stereocenters. The summed E-state index contributed by atoms with van der Waals surface area (Å²) in [5.41, 5.74) is 1.33. The summed E-state index contributed by atoms with van der Waals surface area (Å²) in [5, 5.41) is 0. The highest BCUT2D eigenvalue weighted by Crippen LogP contribution is 2.35. The molecule has 0 fully saturated rings. The molecule has 100 valence electrons. The third kappa shape index (κ3) is 3.15. The second-order valence-corrected chi connectivity index (χ2v) is 5.45. The van der Waals surface area contributed by atoms with Crippen molar-refractivity contribution in [3.63, 3.8) is 0 Å². The Morgan fingerprint density at radius 1 is 0.789 bits per heavy atom. The highest BCUT2D eigenvalue weighted by molar-refractivity contribution is 6.56. The van der Waals surface area contributed by atoms with Crippen molar-refractivity contribution in [2.45, 2.75) is 51.4 Å². The maximum absolute atomic E-state index is 5.92. The Hall–Kier alpha value is -1.38. The van der Waals surface area contributed by atoms with Gasteiger partial charge in [-0.2, -0.15) is 0 Å². The zero-order valence-electron chi connectivity index (χ0n) is 11.4. The van der Waals surface area contributed by atoms with Crippen LogP contribution in [0.5, 0.6) is 11.5 Å². The molecule has 0 saturated carbocycles. The molecule has 1 aliphatic heterocycles. The molecule has 2 aliphatic rings. The Labute approximate surface area is 115 Å². The molecule has 19 heavy (non-hydrogen) atoms. The second-order valence-electron chi connectivity index (χ2n) is 5.45. The minimum Gasteiger partial charge on any atom is -0.519 e. The number of benzene rings is 1. The standard InChI is InChI=1S/C16H21BO2/c1-2-4-6-10-14(11-7-5-3-1)17-18-15-12-8-9-13-16(15)19-17/h8-10,12-13H,1-7,11H2/b14-10+. The first-order valence-electron chi connectivity index (χ1n) is 7.55. The van der Waals surface area contributed by atoms with Crippen LogP contribution in [0.2, 0.25) is 0 Å². The van der Waals surface area contributed by atoms with Gasteiger partial charge in [0.05, 0.1) is 0 Å². The van der Waals surface area contributed by atoms with E-state index in [1.54, 1.807) is 0 Å². The van der Waals surface area contributed by atoms with Gasteiger partial charge in [0, 0.05) is 0 Å². The Bertz CT molecular complexity index is 431. The molecule has 1 aromatic carbocycles. The van der Waals surface area contributed by atoms with Crippen molar-refractivity contribution in [2.24, 2.45) is 0 Å². The molecule has 1 heterocycles. The molecule has 0 radical (unpaired) electrons. The van der Waals surface area contributed by atoms with Gasteiger partial charge in [-0.3, -0.25) is 0 Å². The van der Waals surface area contributed by atoms with Crippen LogP contribution in [0.25, 0.3) is 0 Å². The van der Waals surface area contributed by atoms with E-state index in [2.05, 4.69) is 6.08 Å². The molecule has 0 bridgehead atoms. The van der Waals surface area contributed by atoms with Crippen molar-refractivity contribution in [1.82, 2.24) is 0 Å². The SMILES string of the molecule is C1=C(/B2Oc3ccccc3O2)CCCCCCCC/1. The van der Waals surface area contributed by atoms with E-state index in [-0.39, 0.29) is 7.12 Å². The van der Waals surface area contributed by atoms with Gasteiger partial charge < -0.3 is 9.31 Å². The van der Waals surface area contributed by atoms with E-state index >= 15 is 0 Å². The van der Waals surface area contributed by atoms with E-state index in [1.807, 2.05) is 24.3 Å². The molecule has 2 nitrogen and oxygen atoms in total. The van der Waals surface area contributed by atoms with Crippen molar-refractivity contribution in [3.05, 3.63) is 35.8 Å². The van der Waals surface area contributed by atoms with Gasteiger partial charge in [0.25, 0.3) is 0 Å². The summed E-state index contributed by atoms with van der Waals surface area (Å²) in [5.74, 6) is 1.76. The van der Waals surface area contributed by atoms with Gasteiger partial charge in [-0.1, -0.05) is 50.3 Å². The molecule has 0 spiro atoms. The van der Waals surface area contributed by atoms with E-state index < -0.39 is 0 Å². The van der Waals surface area contributed by atoms with Crippen LogP contribution in [0.3, 0.4) is 0 Å². The first-order valence-corrected chi connectivity index (χ1v) is 7.55. The molecule has 3 rings (SSSR count). The smallest absolute Gasteiger partial charge is 0.519 e. The third-order valence-electron chi connectivity index (χ3n) is 3.95. The van der Waals surface area contributed by atoms with Crippen LogP contribution in [-0.2, 0) is 0 Å². The summed E-state index contributed by atoms with van der Waals surface area (Å²) in [6.45, 7) is 0. The Morgan fingerprint density at radius 3 is 2.16 bits per heavy atom. The Morgan fingerprint density at radius 2 is 1.42 bits per heavy atom. The molecule has 1 aliphatic carbocycles. The lowest BCUT2D eigenvalue weighted by Crippen LogP contribution is -2.28. The van der Waals surface area contributed by atoms with Crippen LogP contribution in [-0.4, -0.2) is 7.12 Å². The summed E-state index contributed by atoms with van der Waals surface area (Å²) in [6, 6.07) is 7.95. The summed E-state index contributed by atoms with van der Waals surface area (Å²) in [6.07, 6.45) is 12.6. The predicted octanol–water partition coefficient (Wildman–Crippen LogP) is 4.55. The van der Waals surface area contributed by atoms with Crippen molar-refractivity contribution >= 4 is 7.12 Å². The van der Waals surface area contributed by atoms with Crippen molar-refractivity contribution < 1.29 is 9.31 Å². The number of para-hydroxylation sites is 2. The van der Waals surface area contributed by atoms with Gasteiger partial charge in [0.2, 0.25) is 0 Å². The van der Waals surface area contributed by atoms with Gasteiger partial charge >= 0.3 is 7.12 Å². The minimum absolute atomic E-state index is 0.183. The van der Waals surface area contributed by atoms with Crippen LogP contribution in [0, 0.1) is 0 Å². The molecule has 3 heteroatoms. The van der Waals surface area contributed by atoms with E-state index in [1.165, 1.54) is 44.0 Å². The van der Waals surface area contributed by atoms with E-state index in [0.717, 1.165) is 24.3 Å². The summed E-state index contributed by atoms with van der Waals surface area (Å²) in [4.78, 5) is 0. The molecule has 0 N–H and O–H groups in total. The normalized spacial score (nSPS) is 22.7.